The van der Waals surface area contributed by atoms with Crippen LogP contribution in [0.4, 0.5) is 11.4 Å². The van der Waals surface area contributed by atoms with Crippen molar-refractivity contribution in [2.75, 3.05) is 23.4 Å². The van der Waals surface area contributed by atoms with Gasteiger partial charge in [-0.05, 0) is 66.6 Å². The number of aryl methyl sites for hydroxylation is 1. The Hall–Kier alpha value is -3.84. The number of rotatable bonds is 8. The van der Waals surface area contributed by atoms with Crippen LogP contribution in [0.5, 0.6) is 5.75 Å². The van der Waals surface area contributed by atoms with Gasteiger partial charge in [-0.2, -0.15) is 0 Å². The van der Waals surface area contributed by atoms with E-state index < -0.39 is 5.92 Å². The lowest BCUT2D eigenvalue weighted by atomic mass is 10.1. The lowest BCUT2D eigenvalue weighted by Gasteiger charge is -2.17. The third kappa shape index (κ3) is 6.39. The Bertz CT molecular complexity index is 1210. The van der Waals surface area contributed by atoms with Gasteiger partial charge in [-0.1, -0.05) is 35.9 Å². The van der Waals surface area contributed by atoms with Crippen LogP contribution in [0.2, 0.25) is 5.02 Å². The Morgan fingerprint density at radius 2 is 1.74 bits per heavy atom. The van der Waals surface area contributed by atoms with Crippen molar-refractivity contribution in [1.29, 1.82) is 0 Å². The molecule has 2 N–H and O–H groups in total. The first kappa shape index (κ1) is 24.3. The number of nitrogens with zero attached hydrogens (tertiary/aromatic N) is 1. The lowest BCUT2D eigenvalue weighted by Crippen LogP contribution is -2.32. The van der Waals surface area contributed by atoms with E-state index in [-0.39, 0.29) is 30.7 Å². The number of carbonyl (C=O) groups is 3. The summed E-state index contributed by atoms with van der Waals surface area (Å²) in [5.41, 5.74) is 3.48. The second-order valence-corrected chi connectivity index (χ2v) is 8.82. The molecule has 3 amide bonds. The summed E-state index contributed by atoms with van der Waals surface area (Å²) in [5.74, 6) is -0.434. The molecule has 0 spiro atoms. The zero-order valence-corrected chi connectivity index (χ0v) is 20.0. The fraction of sp³-hybridized carbons (Fsp3) is 0.222. The lowest BCUT2D eigenvalue weighted by molar-refractivity contribution is -0.126. The molecule has 1 fully saturated rings. The molecule has 1 heterocycles. The van der Waals surface area contributed by atoms with Crippen molar-refractivity contribution < 1.29 is 19.1 Å². The second kappa shape index (κ2) is 11.1. The van der Waals surface area contributed by atoms with Gasteiger partial charge in [0.2, 0.25) is 11.8 Å². The standard InChI is InChI=1S/C27H26ClN3O4/c1-18-4-2-3-5-19(18)15-29-27(34)20-14-26(33)31(16-20)23-10-12-24(13-11-23)35-17-25(32)30-22-8-6-21(28)7-9-22/h2-13,20H,14-17H2,1H3,(H,29,34)(H,30,32)/t20-/m0/s1. The van der Waals surface area contributed by atoms with Gasteiger partial charge in [0.15, 0.2) is 6.61 Å². The van der Waals surface area contributed by atoms with E-state index in [9.17, 15) is 14.4 Å². The highest BCUT2D eigenvalue weighted by molar-refractivity contribution is 6.30. The first-order valence-electron chi connectivity index (χ1n) is 11.3. The summed E-state index contributed by atoms with van der Waals surface area (Å²) in [7, 11) is 0. The van der Waals surface area contributed by atoms with Gasteiger partial charge in [0.1, 0.15) is 5.75 Å². The number of carbonyl (C=O) groups excluding carboxylic acids is 3. The van der Waals surface area contributed by atoms with Crippen LogP contribution in [0.25, 0.3) is 0 Å². The van der Waals surface area contributed by atoms with Gasteiger partial charge in [0.25, 0.3) is 5.91 Å². The molecule has 0 radical (unpaired) electrons. The third-order valence-electron chi connectivity index (χ3n) is 5.86. The van der Waals surface area contributed by atoms with Gasteiger partial charge in [-0.3, -0.25) is 14.4 Å². The Morgan fingerprint density at radius 1 is 1.03 bits per heavy atom. The van der Waals surface area contributed by atoms with Crippen LogP contribution in [0, 0.1) is 12.8 Å². The van der Waals surface area contributed by atoms with Crippen LogP contribution >= 0.6 is 11.6 Å². The number of hydrogen-bond acceptors (Lipinski definition) is 4. The van der Waals surface area contributed by atoms with E-state index in [1.165, 1.54) is 0 Å². The van der Waals surface area contributed by atoms with Crippen molar-refractivity contribution in [3.63, 3.8) is 0 Å². The first-order valence-corrected chi connectivity index (χ1v) is 11.7. The predicted molar refractivity (Wildman–Crippen MR) is 136 cm³/mol. The highest BCUT2D eigenvalue weighted by Crippen LogP contribution is 2.27. The fourth-order valence-corrected chi connectivity index (χ4v) is 4.00. The molecule has 1 aliphatic heterocycles. The number of ether oxygens (including phenoxy) is 1. The maximum absolute atomic E-state index is 12.6. The van der Waals surface area contributed by atoms with Gasteiger partial charge in [0.05, 0.1) is 5.92 Å². The normalized spacial score (nSPS) is 15.1. The molecule has 8 heteroatoms. The van der Waals surface area contributed by atoms with Crippen molar-refractivity contribution in [3.8, 4) is 5.75 Å². The minimum absolute atomic E-state index is 0.1000. The van der Waals surface area contributed by atoms with E-state index in [1.54, 1.807) is 53.4 Å². The van der Waals surface area contributed by atoms with Crippen molar-refractivity contribution in [2.24, 2.45) is 5.92 Å². The average molecular weight is 492 g/mol. The zero-order chi connectivity index (χ0) is 24.8. The van der Waals surface area contributed by atoms with E-state index in [1.807, 2.05) is 31.2 Å². The molecule has 180 valence electrons. The minimum atomic E-state index is -0.404. The second-order valence-electron chi connectivity index (χ2n) is 8.39. The Balaban J connectivity index is 1.27. The summed E-state index contributed by atoms with van der Waals surface area (Å²) in [6.07, 6.45) is 0.169. The molecule has 0 aromatic heterocycles. The smallest absolute Gasteiger partial charge is 0.262 e. The van der Waals surface area contributed by atoms with E-state index in [4.69, 9.17) is 16.3 Å². The van der Waals surface area contributed by atoms with Crippen LogP contribution in [-0.4, -0.2) is 30.9 Å². The number of hydrogen-bond donors (Lipinski definition) is 2. The molecule has 4 rings (SSSR count). The maximum atomic E-state index is 12.6. The van der Waals surface area contributed by atoms with Crippen LogP contribution in [0.3, 0.4) is 0 Å². The summed E-state index contributed by atoms with van der Waals surface area (Å²) < 4.78 is 5.55. The van der Waals surface area contributed by atoms with E-state index in [0.717, 1.165) is 11.1 Å². The van der Waals surface area contributed by atoms with Crippen LogP contribution in [0.15, 0.2) is 72.8 Å². The highest BCUT2D eigenvalue weighted by atomic mass is 35.5. The van der Waals surface area contributed by atoms with Gasteiger partial charge in [-0.15, -0.1) is 0 Å². The van der Waals surface area contributed by atoms with Gasteiger partial charge in [-0.25, -0.2) is 0 Å². The Morgan fingerprint density at radius 3 is 2.46 bits per heavy atom. The van der Waals surface area contributed by atoms with Crippen molar-refractivity contribution >= 4 is 40.7 Å². The monoisotopic (exact) mass is 491 g/mol. The van der Waals surface area contributed by atoms with Crippen LogP contribution in [-0.2, 0) is 20.9 Å². The van der Waals surface area contributed by atoms with Crippen molar-refractivity contribution in [2.45, 2.75) is 19.9 Å². The zero-order valence-electron chi connectivity index (χ0n) is 19.3. The number of benzene rings is 3. The number of nitrogens with one attached hydrogen (secondary N) is 2. The molecular weight excluding hydrogens is 466 g/mol. The van der Waals surface area contributed by atoms with Gasteiger partial charge >= 0.3 is 0 Å². The average Bonchev–Trinajstić information content (AvgIpc) is 3.25. The SMILES string of the molecule is Cc1ccccc1CNC(=O)[C@H]1CC(=O)N(c2ccc(OCC(=O)Nc3ccc(Cl)cc3)cc2)C1. The Kier molecular flexibility index (Phi) is 7.67. The molecule has 1 atom stereocenters. The van der Waals surface area contributed by atoms with Crippen LogP contribution in [0.1, 0.15) is 17.5 Å². The van der Waals surface area contributed by atoms with Gasteiger partial charge < -0.3 is 20.3 Å². The molecule has 0 unspecified atom stereocenters. The van der Waals surface area contributed by atoms with Crippen LogP contribution < -0.4 is 20.3 Å². The number of amides is 3. The molecule has 1 aliphatic rings. The topological polar surface area (TPSA) is 87.7 Å². The number of halogens is 1. The molecule has 1 saturated heterocycles. The predicted octanol–water partition coefficient (Wildman–Crippen LogP) is 4.34. The van der Waals surface area contributed by atoms with E-state index in [2.05, 4.69) is 10.6 Å². The molecule has 0 bridgehead atoms. The maximum Gasteiger partial charge on any atom is 0.262 e. The van der Waals surface area contributed by atoms with Gasteiger partial charge in [0, 0.05) is 35.9 Å². The fourth-order valence-electron chi connectivity index (χ4n) is 3.87. The summed E-state index contributed by atoms with van der Waals surface area (Å²) >= 11 is 5.84. The third-order valence-corrected chi connectivity index (χ3v) is 6.11. The molecular formula is C27H26ClN3O4. The quantitative estimate of drug-likeness (QED) is 0.491. The van der Waals surface area contributed by atoms with E-state index in [0.29, 0.717) is 35.2 Å². The molecule has 3 aromatic carbocycles. The number of anilines is 2. The summed E-state index contributed by atoms with van der Waals surface area (Å²) in [6.45, 7) is 2.60. The van der Waals surface area contributed by atoms with Crippen molar-refractivity contribution in [3.05, 3.63) is 88.9 Å². The largest absolute Gasteiger partial charge is 0.484 e. The summed E-state index contributed by atoms with van der Waals surface area (Å²) in [6, 6.07) is 21.6. The summed E-state index contributed by atoms with van der Waals surface area (Å²) in [4.78, 5) is 38.9. The molecule has 35 heavy (non-hydrogen) atoms. The minimum Gasteiger partial charge on any atom is -0.484 e. The Labute approximate surface area is 209 Å². The molecule has 0 saturated carbocycles. The van der Waals surface area contributed by atoms with E-state index >= 15 is 0 Å². The molecule has 3 aromatic rings. The molecule has 0 aliphatic carbocycles. The molecule has 7 nitrogen and oxygen atoms in total. The first-order chi connectivity index (χ1) is 16.9. The van der Waals surface area contributed by atoms with Crippen molar-refractivity contribution in [1.82, 2.24) is 5.32 Å². The summed E-state index contributed by atoms with van der Waals surface area (Å²) in [5, 5.41) is 6.26. The highest BCUT2D eigenvalue weighted by Gasteiger charge is 2.35.